The maximum atomic E-state index is 9.73. The number of furan rings is 1. The average Bonchev–Trinajstić information content (AvgIpc) is 3.71. The zero-order valence-electron chi connectivity index (χ0n) is 44.3. The van der Waals surface area contributed by atoms with Gasteiger partial charge in [0.1, 0.15) is 11.2 Å². The molecule has 0 unspecified atom stereocenters. The third-order valence-electron chi connectivity index (χ3n) is 8.62. The second kappa shape index (κ2) is 11.1. The van der Waals surface area contributed by atoms with Gasteiger partial charge in [-0.1, -0.05) is 157 Å². The third-order valence-corrected chi connectivity index (χ3v) is 8.62. The van der Waals surface area contributed by atoms with Crippen molar-refractivity contribution in [1.29, 1.82) is 0 Å². The molecule has 0 N–H and O–H groups in total. The van der Waals surface area contributed by atoms with Crippen LogP contribution in [0.1, 0.15) is 26.0 Å². The summed E-state index contributed by atoms with van der Waals surface area (Å²) in [4.78, 5) is 0. The first-order valence-electron chi connectivity index (χ1n) is 24.8. The Morgan fingerprint density at radius 1 is 0.388 bits per heavy atom. The first-order chi connectivity index (χ1) is 32.2. The van der Waals surface area contributed by atoms with Crippen molar-refractivity contribution >= 4 is 54.3 Å². The monoisotopic (exact) mass is 641 g/mol. The van der Waals surface area contributed by atoms with E-state index in [0.717, 1.165) is 16.5 Å². The minimum atomic E-state index is -0.868. The lowest BCUT2D eigenvalue weighted by Crippen LogP contribution is -1.90. The maximum Gasteiger partial charge on any atom is 0.143 e. The number of hydrogen-bond donors (Lipinski definition) is 0. The van der Waals surface area contributed by atoms with E-state index in [1.54, 1.807) is 18.2 Å². The van der Waals surface area contributed by atoms with Gasteiger partial charge in [0.25, 0.3) is 0 Å². The highest BCUT2D eigenvalue weighted by atomic mass is 16.3. The van der Waals surface area contributed by atoms with Gasteiger partial charge in [0, 0.05) is 16.3 Å². The van der Waals surface area contributed by atoms with E-state index in [9.17, 15) is 13.7 Å². The first kappa shape index (κ1) is 14.8. The molecule has 1 heterocycles. The van der Waals surface area contributed by atoms with Gasteiger partial charge in [-0.2, -0.15) is 0 Å². The maximum absolute atomic E-state index is 9.73. The molecule has 0 atom stereocenters. The van der Waals surface area contributed by atoms with Crippen LogP contribution in [0.25, 0.3) is 98.8 Å². The van der Waals surface area contributed by atoms with E-state index < -0.39 is 164 Å². The highest BCUT2D eigenvalue weighted by molar-refractivity contribution is 6.21. The predicted octanol–water partition coefficient (Wildman–Crippen LogP) is 13.7. The molecule has 0 fully saturated rings. The van der Waals surface area contributed by atoms with Crippen molar-refractivity contribution in [3.8, 4) is 44.5 Å². The molecule has 9 aromatic carbocycles. The van der Waals surface area contributed by atoms with Gasteiger partial charge in [-0.05, 0) is 95.5 Å². The molecule has 1 aromatic heterocycles. The fraction of sp³-hybridized carbons (Fsp3) is 0. The summed E-state index contributed by atoms with van der Waals surface area (Å²) in [6.45, 7) is 0. The van der Waals surface area contributed by atoms with Gasteiger partial charge in [0.15, 0.2) is 0 Å². The molecule has 228 valence electrons. The summed E-state index contributed by atoms with van der Waals surface area (Å²) in [5.74, 6) is 0. The van der Waals surface area contributed by atoms with Gasteiger partial charge < -0.3 is 4.42 Å². The predicted molar refractivity (Wildman–Crippen MR) is 208 cm³/mol. The van der Waals surface area contributed by atoms with Gasteiger partial charge >= 0.3 is 0 Å². The van der Waals surface area contributed by atoms with Crippen molar-refractivity contribution in [3.05, 3.63) is 182 Å². The summed E-state index contributed by atoms with van der Waals surface area (Å²) in [6.07, 6.45) is 0. The summed E-state index contributed by atoms with van der Waals surface area (Å²) < 4.78 is 178. The summed E-state index contributed by atoms with van der Waals surface area (Å²) in [6, 6.07) is 5.11. The third kappa shape index (κ3) is 4.47. The van der Waals surface area contributed by atoms with Crippen LogP contribution in [0, 0.1) is 0 Å². The molecule has 0 saturated carbocycles. The van der Waals surface area contributed by atoms with Gasteiger partial charge in [-0.3, -0.25) is 0 Å². The van der Waals surface area contributed by atoms with E-state index in [1.807, 2.05) is 48.5 Å². The molecule has 10 rings (SSSR count). The highest BCUT2D eigenvalue weighted by Crippen LogP contribution is 2.44. The number of fused-ring (bicyclic) bond motifs is 6. The van der Waals surface area contributed by atoms with E-state index >= 15 is 0 Å². The molecule has 1 heteroatoms. The minimum Gasteiger partial charge on any atom is -0.455 e. The Balaban J connectivity index is 1.34. The SMILES string of the molecule is [2H]c1c([2H])c([2H])c(-c2c3c([2H])c([2H])c([2H])c([2H])c3c(-c3c([2H])c([2H])c4c([2H])c(-c5ccc6oc7c(-c8ccccc8)cccc7c6c5)c([2H])c([2H])c4c3[2H])c3c([2H])c([2H])c([2H])c([2H])c23)c([2H])c1[2H]. The molecular weight excluding hydrogens is 593 g/mol. The lowest BCUT2D eigenvalue weighted by molar-refractivity contribution is 0.670. The molecule has 0 aliphatic carbocycles. The van der Waals surface area contributed by atoms with Crippen molar-refractivity contribution in [1.82, 2.24) is 0 Å². The van der Waals surface area contributed by atoms with Gasteiger partial charge in [-0.15, -0.1) is 0 Å². The van der Waals surface area contributed by atoms with Gasteiger partial charge in [0.2, 0.25) is 0 Å². The quantitative estimate of drug-likeness (QED) is 0.174. The van der Waals surface area contributed by atoms with Crippen LogP contribution < -0.4 is 0 Å². The fourth-order valence-electron chi connectivity index (χ4n) is 6.44. The Kier molecular flexibility index (Phi) is 3.34. The smallest absolute Gasteiger partial charge is 0.143 e. The zero-order valence-corrected chi connectivity index (χ0v) is 25.3. The number of rotatable bonds is 4. The highest BCUT2D eigenvalue weighted by Gasteiger charge is 2.17. The van der Waals surface area contributed by atoms with E-state index in [1.165, 1.54) is 0 Å². The van der Waals surface area contributed by atoms with Crippen LogP contribution in [0.5, 0.6) is 0 Å². The van der Waals surface area contributed by atoms with Crippen molar-refractivity contribution in [2.45, 2.75) is 0 Å². The molecule has 0 aliphatic heterocycles. The lowest BCUT2D eigenvalue weighted by atomic mass is 9.85. The van der Waals surface area contributed by atoms with E-state index in [0.29, 0.717) is 22.1 Å². The topological polar surface area (TPSA) is 13.1 Å². The van der Waals surface area contributed by atoms with Crippen LogP contribution in [0.2, 0.25) is 0 Å². The molecule has 0 saturated heterocycles. The molecule has 0 radical (unpaired) electrons. The Hall–Kier alpha value is -6.44. The van der Waals surface area contributed by atoms with E-state index in [4.69, 9.17) is 16.8 Å². The minimum absolute atomic E-state index is 0.0971. The lowest BCUT2D eigenvalue weighted by Gasteiger charge is -2.18. The molecule has 1 nitrogen and oxygen atoms in total. The fourth-order valence-corrected chi connectivity index (χ4v) is 6.44. The van der Waals surface area contributed by atoms with Crippen LogP contribution in [-0.2, 0) is 0 Å². The van der Waals surface area contributed by atoms with Crippen molar-refractivity contribution in [2.24, 2.45) is 0 Å². The largest absolute Gasteiger partial charge is 0.455 e. The second-order valence-corrected chi connectivity index (χ2v) is 11.4. The molecule has 49 heavy (non-hydrogen) atoms. The van der Waals surface area contributed by atoms with Crippen molar-refractivity contribution in [2.75, 3.05) is 0 Å². The van der Waals surface area contributed by atoms with Crippen LogP contribution in [0.3, 0.4) is 0 Å². The van der Waals surface area contributed by atoms with Crippen molar-refractivity contribution in [3.63, 3.8) is 0 Å². The van der Waals surface area contributed by atoms with Crippen molar-refractivity contribution < 1.29 is 30.5 Å². The normalized spacial score (nSPS) is 17.1. The van der Waals surface area contributed by atoms with Crippen LogP contribution in [0.4, 0.5) is 0 Å². The van der Waals surface area contributed by atoms with Crippen LogP contribution >= 0.6 is 0 Å². The number of hydrogen-bond acceptors (Lipinski definition) is 1. The summed E-state index contributed by atoms with van der Waals surface area (Å²) >= 11 is 0. The Morgan fingerprint density at radius 3 is 1.69 bits per heavy atom. The second-order valence-electron chi connectivity index (χ2n) is 11.4. The van der Waals surface area contributed by atoms with E-state index in [-0.39, 0.29) is 10.9 Å². The Bertz CT molecular complexity index is 3850. The van der Waals surface area contributed by atoms with Gasteiger partial charge in [0.05, 0.1) is 26.0 Å². The van der Waals surface area contributed by atoms with Crippen LogP contribution in [0.15, 0.2) is 186 Å². The average molecular weight is 642 g/mol. The molecule has 10 aromatic rings. The molecule has 0 aliphatic rings. The molecule has 0 amide bonds. The summed E-state index contributed by atoms with van der Waals surface area (Å²) in [7, 11) is 0. The number of benzene rings is 9. The van der Waals surface area contributed by atoms with E-state index in [2.05, 4.69) is 0 Å². The van der Waals surface area contributed by atoms with Crippen LogP contribution in [-0.4, -0.2) is 0 Å². The summed E-state index contributed by atoms with van der Waals surface area (Å²) in [5, 5.41) is -1.79. The number of para-hydroxylation sites is 1. The zero-order chi connectivity index (χ0) is 48.8. The Morgan fingerprint density at radius 2 is 1.00 bits per heavy atom. The van der Waals surface area contributed by atoms with Gasteiger partial charge in [-0.25, -0.2) is 0 Å². The molecular formula is C48H30O. The molecule has 0 bridgehead atoms. The first-order valence-corrected chi connectivity index (χ1v) is 15.3. The summed E-state index contributed by atoms with van der Waals surface area (Å²) in [5.41, 5.74) is 0.620. The molecule has 0 spiro atoms. The standard InChI is InChI=1S/C48H30O/c1-3-12-31(13-4-1)38-20-11-21-43-44-30-36(26-27-45(44)49-48(38)43)34-22-23-35-29-37(25-24-33(35)28-34)47-41-18-9-7-16-39(41)46(32-14-5-2-6-15-32)40-17-8-10-19-42(40)47/h1-30H/i2D,5D,6D,7D,8D,9D,10D,14D,15D,16D,17D,18D,19D,22D,23D,24D,25D,28D,29D. The Labute approximate surface area is 311 Å².